The Balaban J connectivity index is 1.77. The van der Waals surface area contributed by atoms with E-state index in [9.17, 15) is 4.39 Å². The average molecular weight is 249 g/mol. The molecule has 98 valence electrons. The monoisotopic (exact) mass is 249 g/mol. The first-order valence-corrected chi connectivity index (χ1v) is 6.96. The summed E-state index contributed by atoms with van der Waals surface area (Å²) in [6, 6.07) is 4.97. The van der Waals surface area contributed by atoms with E-state index >= 15 is 0 Å². The summed E-state index contributed by atoms with van der Waals surface area (Å²) >= 11 is 0. The van der Waals surface area contributed by atoms with Crippen LogP contribution in [0.3, 0.4) is 0 Å². The Labute approximate surface area is 108 Å². The molecule has 0 aromatic heterocycles. The quantitative estimate of drug-likeness (QED) is 0.885. The SMILES string of the molecule is Fc1ccc(OCC2CC2)c(C2CCNCC2)c1. The fourth-order valence-corrected chi connectivity index (χ4v) is 2.59. The van der Waals surface area contributed by atoms with Gasteiger partial charge in [-0.25, -0.2) is 4.39 Å². The molecule has 1 aromatic carbocycles. The molecule has 0 amide bonds. The lowest BCUT2D eigenvalue weighted by Crippen LogP contribution is -2.27. The molecule has 2 nitrogen and oxygen atoms in total. The van der Waals surface area contributed by atoms with Gasteiger partial charge < -0.3 is 10.1 Å². The van der Waals surface area contributed by atoms with Crippen LogP contribution in [0.15, 0.2) is 18.2 Å². The largest absolute Gasteiger partial charge is 0.493 e. The summed E-state index contributed by atoms with van der Waals surface area (Å²) in [6.07, 6.45) is 4.71. The van der Waals surface area contributed by atoms with E-state index in [1.807, 2.05) is 0 Å². The fourth-order valence-electron chi connectivity index (χ4n) is 2.59. The number of halogens is 1. The topological polar surface area (TPSA) is 21.3 Å². The van der Waals surface area contributed by atoms with Gasteiger partial charge in [-0.3, -0.25) is 0 Å². The van der Waals surface area contributed by atoms with Gasteiger partial charge in [-0.2, -0.15) is 0 Å². The zero-order valence-electron chi connectivity index (χ0n) is 10.6. The molecule has 1 N–H and O–H groups in total. The van der Waals surface area contributed by atoms with E-state index < -0.39 is 0 Å². The number of hydrogen-bond donors (Lipinski definition) is 1. The molecule has 1 saturated carbocycles. The predicted octanol–water partition coefficient (Wildman–Crippen LogP) is 3.08. The molecule has 1 aliphatic heterocycles. The summed E-state index contributed by atoms with van der Waals surface area (Å²) < 4.78 is 19.3. The zero-order chi connectivity index (χ0) is 12.4. The van der Waals surface area contributed by atoms with Crippen molar-refractivity contribution in [3.05, 3.63) is 29.6 Å². The van der Waals surface area contributed by atoms with E-state index in [1.54, 1.807) is 12.1 Å². The summed E-state index contributed by atoms with van der Waals surface area (Å²) in [6.45, 7) is 2.83. The van der Waals surface area contributed by atoms with Crippen molar-refractivity contribution in [2.75, 3.05) is 19.7 Å². The third kappa shape index (κ3) is 2.83. The van der Waals surface area contributed by atoms with Gasteiger partial charge in [-0.15, -0.1) is 0 Å². The first kappa shape index (κ1) is 12.0. The van der Waals surface area contributed by atoms with Gasteiger partial charge in [0.25, 0.3) is 0 Å². The maximum absolute atomic E-state index is 13.4. The third-order valence-electron chi connectivity index (χ3n) is 3.92. The van der Waals surface area contributed by atoms with E-state index in [0.717, 1.165) is 49.8 Å². The standard InChI is InChI=1S/C15H20FNO/c16-13-3-4-15(18-10-11-1-2-11)14(9-13)12-5-7-17-8-6-12/h3-4,9,11-12,17H,1-2,5-8,10H2. The van der Waals surface area contributed by atoms with Crippen LogP contribution in [0.4, 0.5) is 4.39 Å². The minimum Gasteiger partial charge on any atom is -0.493 e. The van der Waals surface area contributed by atoms with Crippen molar-refractivity contribution < 1.29 is 9.13 Å². The lowest BCUT2D eigenvalue weighted by Gasteiger charge is -2.25. The Bertz CT molecular complexity index is 411. The second-order valence-electron chi connectivity index (χ2n) is 5.46. The van der Waals surface area contributed by atoms with Gasteiger partial charge in [0.15, 0.2) is 0 Å². The molecule has 1 aromatic rings. The summed E-state index contributed by atoms with van der Waals surface area (Å²) in [5.74, 6) is 1.92. The van der Waals surface area contributed by atoms with Crippen LogP contribution in [0.1, 0.15) is 37.2 Å². The summed E-state index contributed by atoms with van der Waals surface area (Å²) in [7, 11) is 0. The summed E-state index contributed by atoms with van der Waals surface area (Å²) in [5, 5.41) is 3.34. The molecule has 3 heteroatoms. The number of benzene rings is 1. The van der Waals surface area contributed by atoms with Gasteiger partial charge in [-0.05, 0) is 68.8 Å². The lowest BCUT2D eigenvalue weighted by molar-refractivity contribution is 0.291. The number of nitrogens with one attached hydrogen (secondary N) is 1. The van der Waals surface area contributed by atoms with Crippen molar-refractivity contribution in [3.8, 4) is 5.75 Å². The first-order valence-electron chi connectivity index (χ1n) is 6.96. The Hall–Kier alpha value is -1.09. The van der Waals surface area contributed by atoms with Crippen LogP contribution in [-0.4, -0.2) is 19.7 Å². The molecule has 0 spiro atoms. The van der Waals surface area contributed by atoms with Gasteiger partial charge in [-0.1, -0.05) is 0 Å². The summed E-state index contributed by atoms with van der Waals surface area (Å²) in [4.78, 5) is 0. The smallest absolute Gasteiger partial charge is 0.123 e. The Kier molecular flexibility index (Phi) is 3.50. The van der Waals surface area contributed by atoms with Crippen LogP contribution in [0, 0.1) is 11.7 Å². The van der Waals surface area contributed by atoms with Crippen LogP contribution in [0.25, 0.3) is 0 Å². The predicted molar refractivity (Wildman–Crippen MR) is 69.5 cm³/mol. The summed E-state index contributed by atoms with van der Waals surface area (Å²) in [5.41, 5.74) is 1.07. The lowest BCUT2D eigenvalue weighted by atomic mass is 9.89. The van der Waals surface area contributed by atoms with E-state index in [-0.39, 0.29) is 5.82 Å². The van der Waals surface area contributed by atoms with Crippen molar-refractivity contribution in [1.82, 2.24) is 5.32 Å². The van der Waals surface area contributed by atoms with Crippen molar-refractivity contribution in [3.63, 3.8) is 0 Å². The third-order valence-corrected chi connectivity index (χ3v) is 3.92. The van der Waals surface area contributed by atoms with Crippen LogP contribution >= 0.6 is 0 Å². The highest BCUT2D eigenvalue weighted by atomic mass is 19.1. The van der Waals surface area contributed by atoms with Gasteiger partial charge in [0.05, 0.1) is 6.61 Å². The normalized spacial score (nSPS) is 20.9. The van der Waals surface area contributed by atoms with Crippen molar-refractivity contribution in [2.45, 2.75) is 31.6 Å². The van der Waals surface area contributed by atoms with Crippen molar-refractivity contribution >= 4 is 0 Å². The second kappa shape index (κ2) is 5.27. The number of hydrogen-bond acceptors (Lipinski definition) is 2. The Morgan fingerprint density at radius 3 is 2.67 bits per heavy atom. The van der Waals surface area contributed by atoms with Crippen LogP contribution in [0.2, 0.25) is 0 Å². The molecule has 0 atom stereocenters. The molecule has 18 heavy (non-hydrogen) atoms. The zero-order valence-corrected chi connectivity index (χ0v) is 10.6. The molecule has 2 fully saturated rings. The van der Waals surface area contributed by atoms with E-state index in [4.69, 9.17) is 4.74 Å². The van der Waals surface area contributed by atoms with Crippen LogP contribution in [0.5, 0.6) is 5.75 Å². The molecule has 2 aliphatic rings. The molecular formula is C15H20FNO. The maximum atomic E-state index is 13.4. The van der Waals surface area contributed by atoms with Crippen LogP contribution in [-0.2, 0) is 0 Å². The molecule has 0 bridgehead atoms. The van der Waals surface area contributed by atoms with E-state index in [2.05, 4.69) is 5.32 Å². The van der Waals surface area contributed by atoms with Crippen LogP contribution < -0.4 is 10.1 Å². The first-order chi connectivity index (χ1) is 8.83. The van der Waals surface area contributed by atoms with E-state index in [0.29, 0.717) is 5.92 Å². The van der Waals surface area contributed by atoms with Gasteiger partial charge in [0, 0.05) is 5.56 Å². The molecule has 1 heterocycles. The highest BCUT2D eigenvalue weighted by Gasteiger charge is 2.24. The second-order valence-corrected chi connectivity index (χ2v) is 5.46. The molecule has 3 rings (SSSR count). The highest BCUT2D eigenvalue weighted by molar-refractivity contribution is 5.37. The van der Waals surface area contributed by atoms with Gasteiger partial charge in [0.2, 0.25) is 0 Å². The van der Waals surface area contributed by atoms with Gasteiger partial charge in [0.1, 0.15) is 11.6 Å². The molecule has 0 unspecified atom stereocenters. The fraction of sp³-hybridized carbons (Fsp3) is 0.600. The Morgan fingerprint density at radius 1 is 1.17 bits per heavy atom. The highest BCUT2D eigenvalue weighted by Crippen LogP contribution is 2.35. The molecule has 1 saturated heterocycles. The van der Waals surface area contributed by atoms with Crippen molar-refractivity contribution in [2.24, 2.45) is 5.92 Å². The molecule has 1 aliphatic carbocycles. The van der Waals surface area contributed by atoms with Gasteiger partial charge >= 0.3 is 0 Å². The maximum Gasteiger partial charge on any atom is 0.123 e. The van der Waals surface area contributed by atoms with Crippen molar-refractivity contribution in [1.29, 1.82) is 0 Å². The number of piperidine rings is 1. The number of ether oxygens (including phenoxy) is 1. The average Bonchev–Trinajstić information content (AvgIpc) is 3.22. The Morgan fingerprint density at radius 2 is 1.94 bits per heavy atom. The van der Waals surface area contributed by atoms with E-state index in [1.165, 1.54) is 18.9 Å². The molecule has 0 radical (unpaired) electrons. The molecular weight excluding hydrogens is 229 g/mol. The minimum atomic E-state index is -0.151. The number of rotatable bonds is 4. The minimum absolute atomic E-state index is 0.151.